The van der Waals surface area contributed by atoms with E-state index in [1.54, 1.807) is 38.1 Å². The maximum atomic E-state index is 12.3. The molecular formula is C15H12Br3NO2. The van der Waals surface area contributed by atoms with Gasteiger partial charge >= 0.3 is 0 Å². The van der Waals surface area contributed by atoms with Crippen molar-refractivity contribution in [2.45, 2.75) is 23.0 Å². The first-order valence-electron chi connectivity index (χ1n) is 6.19. The first-order valence-corrected chi connectivity index (χ1v) is 8.69. The molecule has 2 unspecified atom stereocenters. The molecule has 1 aromatic carbocycles. The van der Waals surface area contributed by atoms with Crippen LogP contribution >= 0.6 is 47.8 Å². The van der Waals surface area contributed by atoms with Crippen molar-refractivity contribution in [3.63, 3.8) is 0 Å². The number of hydrogen-bond donors (Lipinski definition) is 0. The molecule has 0 fully saturated rings. The van der Waals surface area contributed by atoms with Crippen LogP contribution in [0.1, 0.15) is 24.2 Å². The summed E-state index contributed by atoms with van der Waals surface area (Å²) in [5.41, 5.74) is 1.74. The van der Waals surface area contributed by atoms with Crippen LogP contribution in [0.15, 0.2) is 45.4 Å². The molecule has 3 nitrogen and oxygen atoms in total. The molecule has 0 aromatic heterocycles. The standard InChI is InChI=1S/C15H12Br3NO2/c1-8-10(16)13(20)15(2,18)12(17)11(8)19-14(21)9-6-4-3-5-7-9/h3-7,12H,1-2H3. The fourth-order valence-electron chi connectivity index (χ4n) is 1.95. The van der Waals surface area contributed by atoms with Crippen molar-refractivity contribution < 1.29 is 9.59 Å². The van der Waals surface area contributed by atoms with Crippen LogP contribution in [-0.2, 0) is 4.79 Å². The van der Waals surface area contributed by atoms with E-state index in [9.17, 15) is 9.59 Å². The van der Waals surface area contributed by atoms with Crippen LogP contribution in [0.5, 0.6) is 0 Å². The molecule has 1 amide bonds. The van der Waals surface area contributed by atoms with Crippen LogP contribution < -0.4 is 0 Å². The van der Waals surface area contributed by atoms with Crippen molar-refractivity contribution in [3.8, 4) is 0 Å². The minimum absolute atomic E-state index is 0.0759. The normalized spacial score (nSPS) is 28.1. The van der Waals surface area contributed by atoms with E-state index < -0.39 is 4.32 Å². The summed E-state index contributed by atoms with van der Waals surface area (Å²) < 4.78 is -0.404. The molecule has 2 rings (SSSR count). The van der Waals surface area contributed by atoms with E-state index in [-0.39, 0.29) is 16.5 Å². The molecule has 1 aromatic rings. The summed E-state index contributed by atoms with van der Waals surface area (Å²) in [6, 6.07) is 8.84. The summed E-state index contributed by atoms with van der Waals surface area (Å²) in [6.07, 6.45) is 0. The highest BCUT2D eigenvalue weighted by Crippen LogP contribution is 2.40. The Morgan fingerprint density at radius 2 is 1.86 bits per heavy atom. The summed E-state index contributed by atoms with van der Waals surface area (Å²) in [6.45, 7) is 3.53. The zero-order chi connectivity index (χ0) is 15.8. The Balaban J connectivity index is 2.49. The Bertz CT molecular complexity index is 663. The van der Waals surface area contributed by atoms with Crippen LogP contribution in [0.2, 0.25) is 0 Å². The summed E-state index contributed by atoms with van der Waals surface area (Å²) in [7, 11) is 0. The quantitative estimate of drug-likeness (QED) is 0.561. The first kappa shape index (κ1) is 16.8. The van der Waals surface area contributed by atoms with Crippen molar-refractivity contribution in [1.82, 2.24) is 0 Å². The molecule has 0 saturated carbocycles. The fourth-order valence-corrected chi connectivity index (χ4v) is 3.90. The molecule has 21 heavy (non-hydrogen) atoms. The van der Waals surface area contributed by atoms with Crippen LogP contribution in [0.3, 0.4) is 0 Å². The number of ketones is 1. The van der Waals surface area contributed by atoms with Gasteiger partial charge in [0.05, 0.1) is 15.0 Å². The number of halogens is 3. The van der Waals surface area contributed by atoms with E-state index >= 15 is 0 Å². The Labute approximate surface area is 148 Å². The topological polar surface area (TPSA) is 46.5 Å². The molecule has 0 aliphatic heterocycles. The van der Waals surface area contributed by atoms with E-state index in [4.69, 9.17) is 0 Å². The van der Waals surface area contributed by atoms with Gasteiger partial charge in [-0.3, -0.25) is 9.59 Å². The van der Waals surface area contributed by atoms with Crippen molar-refractivity contribution in [2.24, 2.45) is 4.99 Å². The Hall–Kier alpha value is -0.590. The molecule has 0 saturated heterocycles. The van der Waals surface area contributed by atoms with Crippen LogP contribution in [0.25, 0.3) is 0 Å². The maximum absolute atomic E-state index is 12.3. The maximum Gasteiger partial charge on any atom is 0.277 e. The highest BCUT2D eigenvalue weighted by molar-refractivity contribution is 9.13. The minimum atomic E-state index is -0.846. The van der Waals surface area contributed by atoms with E-state index in [0.29, 0.717) is 21.3 Å². The number of carbonyl (C=O) groups excluding carboxylic acids is 2. The van der Waals surface area contributed by atoms with Crippen molar-refractivity contribution >= 4 is 65.2 Å². The number of carbonyl (C=O) groups is 2. The summed E-state index contributed by atoms with van der Waals surface area (Å²) in [4.78, 5) is 28.3. The number of allylic oxidation sites excluding steroid dienone is 2. The Kier molecular flexibility index (Phi) is 5.00. The lowest BCUT2D eigenvalue weighted by atomic mass is 9.88. The molecular weight excluding hydrogens is 466 g/mol. The molecule has 6 heteroatoms. The van der Waals surface area contributed by atoms with Gasteiger partial charge in [0.15, 0.2) is 5.78 Å². The number of alkyl halides is 2. The number of aliphatic imine (C=N–C) groups is 1. The second-order valence-corrected chi connectivity index (χ2v) is 8.23. The largest absolute Gasteiger partial charge is 0.292 e. The van der Waals surface area contributed by atoms with Gasteiger partial charge in [-0.1, -0.05) is 50.1 Å². The number of benzene rings is 1. The lowest BCUT2D eigenvalue weighted by Gasteiger charge is -2.33. The fraction of sp³-hybridized carbons (Fsp3) is 0.267. The van der Waals surface area contributed by atoms with Crippen LogP contribution in [-0.4, -0.2) is 26.6 Å². The molecule has 110 valence electrons. The Morgan fingerprint density at radius 1 is 1.29 bits per heavy atom. The highest BCUT2D eigenvalue weighted by Gasteiger charge is 2.46. The summed E-state index contributed by atoms with van der Waals surface area (Å²) in [5, 5.41) is 0. The second kappa shape index (κ2) is 6.26. The van der Waals surface area contributed by atoms with Crippen molar-refractivity contribution in [3.05, 3.63) is 46.0 Å². The average molecular weight is 478 g/mol. The number of Topliss-reactive ketones (excluding diaryl/α,β-unsaturated/α-hetero) is 1. The van der Waals surface area contributed by atoms with Crippen molar-refractivity contribution in [1.29, 1.82) is 0 Å². The number of amides is 1. The third-order valence-electron chi connectivity index (χ3n) is 3.32. The molecule has 0 N–H and O–H groups in total. The number of rotatable bonds is 1. The molecule has 0 bridgehead atoms. The minimum Gasteiger partial charge on any atom is -0.292 e. The summed E-state index contributed by atoms with van der Waals surface area (Å²) in [5.74, 6) is -0.402. The van der Waals surface area contributed by atoms with Crippen molar-refractivity contribution in [2.75, 3.05) is 0 Å². The SMILES string of the molecule is CC1=C(Br)C(=O)C(C)(Br)C(Br)C1=NC(=O)c1ccccc1. The van der Waals surface area contributed by atoms with E-state index in [1.807, 2.05) is 6.07 Å². The molecule has 0 spiro atoms. The van der Waals surface area contributed by atoms with E-state index in [2.05, 4.69) is 52.8 Å². The van der Waals surface area contributed by atoms with Gasteiger partial charge in [-0.15, -0.1) is 0 Å². The van der Waals surface area contributed by atoms with Crippen LogP contribution in [0, 0.1) is 0 Å². The third-order valence-corrected chi connectivity index (χ3v) is 7.05. The Morgan fingerprint density at radius 3 is 2.43 bits per heavy atom. The summed E-state index contributed by atoms with van der Waals surface area (Å²) >= 11 is 10.2. The van der Waals surface area contributed by atoms with E-state index in [0.717, 1.165) is 0 Å². The highest BCUT2D eigenvalue weighted by atomic mass is 79.9. The monoisotopic (exact) mass is 475 g/mol. The van der Waals surface area contributed by atoms with Gasteiger partial charge < -0.3 is 0 Å². The van der Waals surface area contributed by atoms with Gasteiger partial charge in [0.2, 0.25) is 0 Å². The van der Waals surface area contributed by atoms with Crippen LogP contribution in [0.4, 0.5) is 0 Å². The predicted octanol–water partition coefficient (Wildman–Crippen LogP) is 4.44. The van der Waals surface area contributed by atoms with Gasteiger partial charge in [0.1, 0.15) is 4.32 Å². The van der Waals surface area contributed by atoms with Gasteiger partial charge in [0, 0.05) is 5.56 Å². The second-order valence-electron chi connectivity index (χ2n) is 4.87. The van der Waals surface area contributed by atoms with Gasteiger partial charge in [-0.2, -0.15) is 0 Å². The molecule has 1 aliphatic carbocycles. The zero-order valence-electron chi connectivity index (χ0n) is 11.4. The lowest BCUT2D eigenvalue weighted by Crippen LogP contribution is -2.47. The van der Waals surface area contributed by atoms with Gasteiger partial charge in [-0.25, -0.2) is 4.99 Å². The molecule has 0 heterocycles. The lowest BCUT2D eigenvalue weighted by molar-refractivity contribution is -0.116. The number of nitrogens with zero attached hydrogens (tertiary/aromatic N) is 1. The molecule has 1 aliphatic rings. The molecule has 0 radical (unpaired) electrons. The van der Waals surface area contributed by atoms with Gasteiger partial charge in [-0.05, 0) is 47.5 Å². The third kappa shape index (κ3) is 3.12. The smallest absolute Gasteiger partial charge is 0.277 e. The van der Waals surface area contributed by atoms with Gasteiger partial charge in [0.25, 0.3) is 5.91 Å². The first-order chi connectivity index (χ1) is 9.76. The molecule has 2 atom stereocenters. The van der Waals surface area contributed by atoms with E-state index in [1.165, 1.54) is 0 Å². The number of hydrogen-bond acceptors (Lipinski definition) is 2. The zero-order valence-corrected chi connectivity index (χ0v) is 16.1. The average Bonchev–Trinajstić information content (AvgIpc) is 2.49. The predicted molar refractivity (Wildman–Crippen MR) is 94.9 cm³/mol.